The van der Waals surface area contributed by atoms with Gasteiger partial charge in [-0.2, -0.15) is 13.2 Å². The van der Waals surface area contributed by atoms with Crippen molar-refractivity contribution in [2.75, 3.05) is 0 Å². The van der Waals surface area contributed by atoms with E-state index in [0.29, 0.717) is 5.56 Å². The minimum Gasteiger partial charge on any atom is -0.320 e. The molecule has 1 unspecified atom stereocenters. The highest BCUT2D eigenvalue weighted by molar-refractivity contribution is 7.17. The maximum atomic E-state index is 13.0. The lowest BCUT2D eigenvalue weighted by Gasteiger charge is -2.17. The van der Waals surface area contributed by atoms with Gasteiger partial charge < -0.3 is 5.73 Å². The third kappa shape index (κ3) is 2.62. The van der Waals surface area contributed by atoms with Gasteiger partial charge in [-0.25, -0.2) is 0 Å². The van der Waals surface area contributed by atoms with Gasteiger partial charge >= 0.3 is 6.18 Å². The Hall–Kier alpha value is -1.99. The van der Waals surface area contributed by atoms with Crippen LogP contribution in [-0.2, 0) is 6.18 Å². The Labute approximate surface area is 122 Å². The molecule has 2 N–H and O–H groups in total. The van der Waals surface area contributed by atoms with Crippen LogP contribution in [0.4, 0.5) is 13.2 Å². The number of halogens is 3. The summed E-state index contributed by atoms with van der Waals surface area (Å²) < 4.78 is 40.0. The number of hydrogen-bond donors (Lipinski definition) is 1. The minimum absolute atomic E-state index is 0.0530. The number of thiophene rings is 1. The normalized spacial score (nSPS) is 13.5. The Morgan fingerprint density at radius 1 is 1.19 bits per heavy atom. The van der Waals surface area contributed by atoms with Crippen LogP contribution in [0.25, 0.3) is 10.2 Å². The molecule has 0 aromatic carbocycles. The van der Waals surface area contributed by atoms with E-state index in [1.165, 1.54) is 17.5 Å². The van der Waals surface area contributed by atoms with Crippen molar-refractivity contribution in [2.24, 2.45) is 5.73 Å². The predicted molar refractivity (Wildman–Crippen MR) is 74.9 cm³/mol. The summed E-state index contributed by atoms with van der Waals surface area (Å²) in [5.41, 5.74) is 6.51. The summed E-state index contributed by atoms with van der Waals surface area (Å²) in [6.07, 6.45) is -0.685. The highest BCUT2D eigenvalue weighted by atomic mass is 32.1. The lowest BCUT2D eigenvalue weighted by Crippen LogP contribution is -2.19. The van der Waals surface area contributed by atoms with E-state index in [1.54, 1.807) is 6.07 Å². The molecule has 0 bridgehead atoms. The Balaban J connectivity index is 2.07. The van der Waals surface area contributed by atoms with E-state index in [1.807, 2.05) is 11.4 Å². The van der Waals surface area contributed by atoms with Crippen LogP contribution in [0.2, 0.25) is 0 Å². The second-order valence-electron chi connectivity index (χ2n) is 4.51. The summed E-state index contributed by atoms with van der Waals surface area (Å²) in [7, 11) is 0. The fraction of sp³-hybridized carbons (Fsp3) is 0.143. The largest absolute Gasteiger partial charge is 0.416 e. The first-order chi connectivity index (χ1) is 9.97. The van der Waals surface area contributed by atoms with Gasteiger partial charge in [-0.1, -0.05) is 0 Å². The summed E-state index contributed by atoms with van der Waals surface area (Å²) in [4.78, 5) is 7.97. The van der Waals surface area contributed by atoms with E-state index < -0.39 is 17.8 Å². The van der Waals surface area contributed by atoms with Gasteiger partial charge in [0.05, 0.1) is 21.8 Å². The Morgan fingerprint density at radius 2 is 2.00 bits per heavy atom. The maximum Gasteiger partial charge on any atom is 0.416 e. The molecule has 0 aliphatic heterocycles. The third-order valence-electron chi connectivity index (χ3n) is 3.18. The maximum absolute atomic E-state index is 13.0. The molecule has 108 valence electrons. The molecule has 0 saturated carbocycles. The predicted octanol–water partition coefficient (Wildman–Crippen LogP) is 3.76. The van der Waals surface area contributed by atoms with E-state index in [4.69, 9.17) is 5.73 Å². The van der Waals surface area contributed by atoms with E-state index in [0.717, 1.165) is 28.7 Å². The number of aromatic nitrogens is 2. The topological polar surface area (TPSA) is 51.8 Å². The fourth-order valence-electron chi connectivity index (χ4n) is 2.12. The number of fused-ring (bicyclic) bond motifs is 1. The van der Waals surface area contributed by atoms with Crippen molar-refractivity contribution in [3.8, 4) is 0 Å². The first kappa shape index (κ1) is 14.0. The Kier molecular flexibility index (Phi) is 3.38. The van der Waals surface area contributed by atoms with Gasteiger partial charge in [0, 0.05) is 24.2 Å². The van der Waals surface area contributed by atoms with Crippen molar-refractivity contribution in [1.29, 1.82) is 0 Å². The zero-order valence-electron chi connectivity index (χ0n) is 10.6. The molecule has 1 atom stereocenters. The standard InChI is InChI=1S/C14H10F3N3S/c15-14(16,17)10-1-3-19-7-9(10)13(18)8-5-12-11(20-6-8)2-4-21-12/h1-7,13H,18H2. The quantitative estimate of drug-likeness (QED) is 0.784. The molecule has 0 radical (unpaired) electrons. The number of nitrogens with zero attached hydrogens (tertiary/aromatic N) is 2. The second-order valence-corrected chi connectivity index (χ2v) is 5.46. The monoisotopic (exact) mass is 309 g/mol. The number of nitrogens with two attached hydrogens (primary N) is 1. The summed E-state index contributed by atoms with van der Waals surface area (Å²) in [6.45, 7) is 0. The number of hydrogen-bond acceptors (Lipinski definition) is 4. The van der Waals surface area contributed by atoms with Crippen LogP contribution in [0.1, 0.15) is 22.7 Å². The highest BCUT2D eigenvalue weighted by Gasteiger charge is 2.35. The molecule has 3 aromatic heterocycles. The molecule has 0 aliphatic rings. The van der Waals surface area contributed by atoms with E-state index in [-0.39, 0.29) is 5.56 Å². The van der Waals surface area contributed by atoms with Gasteiger partial charge in [0.15, 0.2) is 0 Å². The summed E-state index contributed by atoms with van der Waals surface area (Å²) in [5, 5.41) is 1.87. The van der Waals surface area contributed by atoms with Crippen molar-refractivity contribution in [3.63, 3.8) is 0 Å². The molecule has 3 rings (SSSR count). The van der Waals surface area contributed by atoms with Gasteiger partial charge in [0.2, 0.25) is 0 Å². The zero-order valence-corrected chi connectivity index (χ0v) is 11.4. The molecule has 0 spiro atoms. The van der Waals surface area contributed by atoms with Crippen LogP contribution < -0.4 is 5.73 Å². The summed E-state index contributed by atoms with van der Waals surface area (Å²) in [5.74, 6) is 0. The van der Waals surface area contributed by atoms with Crippen molar-refractivity contribution < 1.29 is 13.2 Å². The number of rotatable bonds is 2. The van der Waals surface area contributed by atoms with Crippen LogP contribution in [0, 0.1) is 0 Å². The van der Waals surface area contributed by atoms with Gasteiger partial charge in [-0.15, -0.1) is 11.3 Å². The average Bonchev–Trinajstić information content (AvgIpc) is 2.93. The SMILES string of the molecule is NC(c1cnc2ccsc2c1)c1cnccc1C(F)(F)F. The Bertz CT molecular complexity index is 782. The van der Waals surface area contributed by atoms with E-state index in [2.05, 4.69) is 9.97 Å². The van der Waals surface area contributed by atoms with Crippen molar-refractivity contribution in [3.05, 3.63) is 58.9 Å². The summed E-state index contributed by atoms with van der Waals surface area (Å²) in [6, 6.07) is 3.63. The van der Waals surface area contributed by atoms with Crippen molar-refractivity contribution in [2.45, 2.75) is 12.2 Å². The molecule has 3 heterocycles. The lowest BCUT2D eigenvalue weighted by atomic mass is 9.98. The van der Waals surface area contributed by atoms with Crippen LogP contribution in [-0.4, -0.2) is 9.97 Å². The fourth-order valence-corrected chi connectivity index (χ4v) is 2.91. The first-order valence-corrected chi connectivity index (χ1v) is 6.94. The molecule has 3 nitrogen and oxygen atoms in total. The molecule has 7 heteroatoms. The van der Waals surface area contributed by atoms with Crippen LogP contribution in [0.3, 0.4) is 0 Å². The van der Waals surface area contributed by atoms with Crippen LogP contribution in [0.5, 0.6) is 0 Å². The van der Waals surface area contributed by atoms with Gasteiger partial charge in [0.25, 0.3) is 0 Å². The molecular weight excluding hydrogens is 299 g/mol. The molecule has 21 heavy (non-hydrogen) atoms. The summed E-state index contributed by atoms with van der Waals surface area (Å²) >= 11 is 1.47. The smallest absolute Gasteiger partial charge is 0.320 e. The number of alkyl halides is 3. The second kappa shape index (κ2) is 5.09. The van der Waals surface area contributed by atoms with Crippen LogP contribution in [0.15, 0.2) is 42.2 Å². The molecule has 0 fully saturated rings. The van der Waals surface area contributed by atoms with Gasteiger partial charge in [0.1, 0.15) is 0 Å². The molecular formula is C14H10F3N3S. The highest BCUT2D eigenvalue weighted by Crippen LogP contribution is 2.35. The lowest BCUT2D eigenvalue weighted by molar-refractivity contribution is -0.138. The molecule has 0 aliphatic carbocycles. The van der Waals surface area contributed by atoms with Gasteiger partial charge in [-0.3, -0.25) is 9.97 Å². The Morgan fingerprint density at radius 3 is 2.76 bits per heavy atom. The molecule has 0 amide bonds. The van der Waals surface area contributed by atoms with Crippen LogP contribution >= 0.6 is 11.3 Å². The van der Waals surface area contributed by atoms with Gasteiger partial charge in [-0.05, 0) is 29.1 Å². The third-order valence-corrected chi connectivity index (χ3v) is 4.03. The first-order valence-electron chi connectivity index (χ1n) is 6.06. The minimum atomic E-state index is -4.46. The molecule has 3 aromatic rings. The van der Waals surface area contributed by atoms with Crippen molar-refractivity contribution >= 4 is 21.6 Å². The molecule has 0 saturated heterocycles. The van der Waals surface area contributed by atoms with Crippen molar-refractivity contribution in [1.82, 2.24) is 9.97 Å². The zero-order chi connectivity index (χ0) is 15.0. The van der Waals surface area contributed by atoms with E-state index >= 15 is 0 Å². The average molecular weight is 309 g/mol. The number of pyridine rings is 2. The van der Waals surface area contributed by atoms with E-state index in [9.17, 15) is 13.2 Å².